The minimum Gasteiger partial charge on any atom is -0.387 e. The van der Waals surface area contributed by atoms with Gasteiger partial charge in [-0.15, -0.1) is 0 Å². The molecule has 0 aromatic rings. The summed E-state index contributed by atoms with van der Waals surface area (Å²) in [4.78, 5) is 17.0. The monoisotopic (exact) mass is 532 g/mol. The lowest BCUT2D eigenvalue weighted by Gasteiger charge is -2.50. The molecule has 2 N–H and O–H groups in total. The van der Waals surface area contributed by atoms with Gasteiger partial charge in [-0.2, -0.15) is 0 Å². The van der Waals surface area contributed by atoms with Gasteiger partial charge in [0, 0.05) is 0 Å². The van der Waals surface area contributed by atoms with Gasteiger partial charge in [0.05, 0.1) is 0 Å². The van der Waals surface area contributed by atoms with Gasteiger partial charge < -0.3 is 19.4 Å². The third-order valence-corrected chi connectivity index (χ3v) is 6.31. The first kappa shape index (κ1) is 30.5. The van der Waals surface area contributed by atoms with E-state index in [0.29, 0.717) is 0 Å². The van der Waals surface area contributed by atoms with E-state index in [9.17, 15) is 10.2 Å². The molecular weight excluding hydrogens is 489 g/mol. The molecule has 1 heterocycles. The number of hydrogen-bond acceptors (Lipinski definition) is 10. The zero-order valence-electron chi connectivity index (χ0n) is 21.7. The fourth-order valence-electron chi connectivity index (χ4n) is 2.60. The van der Waals surface area contributed by atoms with E-state index in [-0.39, 0.29) is 6.61 Å². The van der Waals surface area contributed by atoms with E-state index < -0.39 is 63.7 Å². The molecule has 192 valence electrons. The van der Waals surface area contributed by atoms with E-state index in [1.165, 1.54) is 0 Å². The summed E-state index contributed by atoms with van der Waals surface area (Å²) in [6, 6.07) is 0. The summed E-state index contributed by atoms with van der Waals surface area (Å²) in [5.74, 6) is -1.67. The van der Waals surface area contributed by atoms with Gasteiger partial charge >= 0.3 is 0 Å². The number of rotatable bonds is 12. The molecule has 0 aromatic carbocycles. The van der Waals surface area contributed by atoms with Crippen molar-refractivity contribution in [2.75, 3.05) is 6.61 Å². The SMILES string of the molecule is C[Si](C)(C)OOC[C@@]1(O[Si](C)(C)C)OC(O)[C@@H](O)[C@@H](OO[Si](C)(C)C)[C@@H]1OO[Si](C)(C)C. The molecule has 32 heavy (non-hydrogen) atoms. The zero-order valence-corrected chi connectivity index (χ0v) is 25.7. The second-order valence-corrected chi connectivity index (χ2v) is 29.6. The molecule has 14 heteroatoms. The maximum atomic E-state index is 10.7. The average Bonchev–Trinajstić information content (AvgIpc) is 2.51. The largest absolute Gasteiger partial charge is 0.387 e. The maximum absolute atomic E-state index is 10.7. The number of hydrogen-bond donors (Lipinski definition) is 2. The van der Waals surface area contributed by atoms with E-state index >= 15 is 0 Å². The molecule has 0 spiro atoms. The van der Waals surface area contributed by atoms with Gasteiger partial charge in [-0.1, -0.05) is 0 Å². The van der Waals surface area contributed by atoms with Gasteiger partial charge in [0.15, 0.2) is 26.8 Å². The summed E-state index contributed by atoms with van der Waals surface area (Å²) in [5.41, 5.74) is 0. The highest BCUT2D eigenvalue weighted by Crippen LogP contribution is 2.38. The topological polar surface area (TPSA) is 114 Å². The smallest absolute Gasteiger partial charge is 0.230 e. The van der Waals surface area contributed by atoms with Crippen molar-refractivity contribution in [3.05, 3.63) is 0 Å². The van der Waals surface area contributed by atoms with Crippen LogP contribution in [0.2, 0.25) is 78.6 Å². The second kappa shape index (κ2) is 11.0. The average molecular weight is 533 g/mol. The fourth-order valence-corrected chi connectivity index (χ4v) is 5.06. The summed E-state index contributed by atoms with van der Waals surface area (Å²) >= 11 is 0. The van der Waals surface area contributed by atoms with E-state index in [1.807, 2.05) is 78.6 Å². The Labute approximate surface area is 196 Å². The van der Waals surface area contributed by atoms with Crippen LogP contribution < -0.4 is 0 Å². The van der Waals surface area contributed by atoms with Crippen molar-refractivity contribution < 1.29 is 47.8 Å². The molecule has 1 fully saturated rings. The van der Waals surface area contributed by atoms with E-state index in [4.69, 9.17) is 37.6 Å². The Morgan fingerprint density at radius 1 is 0.688 bits per heavy atom. The van der Waals surface area contributed by atoms with Crippen molar-refractivity contribution in [1.29, 1.82) is 0 Å². The number of aliphatic hydroxyl groups excluding tert-OH is 2. The van der Waals surface area contributed by atoms with E-state index in [0.717, 1.165) is 0 Å². The molecule has 1 aliphatic rings. The minimum absolute atomic E-state index is 0.238. The molecule has 1 saturated heterocycles. The number of ether oxygens (including phenoxy) is 1. The molecule has 5 atom stereocenters. The van der Waals surface area contributed by atoms with Crippen molar-refractivity contribution in [2.24, 2.45) is 0 Å². The predicted molar refractivity (Wildman–Crippen MR) is 129 cm³/mol. The Bertz CT molecular complexity index is 584. The molecule has 0 aromatic heterocycles. The minimum atomic E-state index is -2.32. The Morgan fingerprint density at radius 2 is 1.16 bits per heavy atom. The summed E-state index contributed by atoms with van der Waals surface area (Å²) in [7, 11) is -8.69. The van der Waals surface area contributed by atoms with Crippen LogP contribution in [0, 0.1) is 0 Å². The summed E-state index contributed by atoms with van der Waals surface area (Å²) in [5, 5.41) is 21.3. The van der Waals surface area contributed by atoms with Crippen molar-refractivity contribution >= 4 is 33.3 Å². The summed E-state index contributed by atoms with van der Waals surface area (Å²) in [6.45, 7) is 23.2. The standard InChI is InChI=1S/C18H44O10Si4/c1-29(2,3)25-18(13-21-26-30(4,5)6)16(24-28-32(10,11)12)15(14(19)17(20)22-18)23-27-31(7,8)9/h14-17,19-20H,13H2,1-12H3/t14-,15+,16-,17?,18-/m0/s1. The van der Waals surface area contributed by atoms with Crippen LogP contribution in [0.4, 0.5) is 0 Å². The van der Waals surface area contributed by atoms with Crippen molar-refractivity contribution in [3.63, 3.8) is 0 Å². The van der Waals surface area contributed by atoms with Crippen LogP contribution in [0.1, 0.15) is 0 Å². The van der Waals surface area contributed by atoms with Crippen LogP contribution >= 0.6 is 0 Å². The Balaban J connectivity index is 3.40. The lowest BCUT2D eigenvalue weighted by molar-refractivity contribution is -0.468. The molecule has 10 nitrogen and oxygen atoms in total. The fraction of sp³-hybridized carbons (Fsp3) is 1.00. The van der Waals surface area contributed by atoms with Crippen LogP contribution in [0.3, 0.4) is 0 Å². The quantitative estimate of drug-likeness (QED) is 0.220. The van der Waals surface area contributed by atoms with Gasteiger partial charge in [-0.25, -0.2) is 14.7 Å². The van der Waals surface area contributed by atoms with E-state index in [2.05, 4.69) is 0 Å². The molecule has 0 amide bonds. The Morgan fingerprint density at radius 3 is 1.59 bits per heavy atom. The third-order valence-electron chi connectivity index (χ3n) is 3.54. The van der Waals surface area contributed by atoms with Gasteiger partial charge in [0.25, 0.3) is 0 Å². The normalized spacial score (nSPS) is 30.6. The van der Waals surface area contributed by atoms with Gasteiger partial charge in [0.2, 0.25) is 30.7 Å². The molecule has 1 rings (SSSR count). The molecular formula is C18H44O10Si4. The lowest BCUT2D eigenvalue weighted by atomic mass is 9.96. The van der Waals surface area contributed by atoms with Gasteiger partial charge in [0.1, 0.15) is 12.7 Å². The first-order valence-electron chi connectivity index (χ1n) is 10.9. The molecule has 0 saturated carbocycles. The zero-order chi connectivity index (χ0) is 25.2. The molecule has 1 aliphatic heterocycles. The van der Waals surface area contributed by atoms with Crippen molar-refractivity contribution in [2.45, 2.75) is 109 Å². The van der Waals surface area contributed by atoms with Crippen LogP contribution in [-0.4, -0.2) is 80.5 Å². The van der Waals surface area contributed by atoms with Gasteiger partial charge in [-0.05, 0) is 78.6 Å². The highest BCUT2D eigenvalue weighted by molar-refractivity contribution is 6.70. The first-order valence-corrected chi connectivity index (χ1v) is 24.5. The Kier molecular flexibility index (Phi) is 10.5. The highest BCUT2D eigenvalue weighted by atomic mass is 28.4. The maximum Gasteiger partial charge on any atom is 0.230 e. The second-order valence-electron chi connectivity index (χ2n) is 12.0. The molecule has 0 aliphatic carbocycles. The van der Waals surface area contributed by atoms with Crippen molar-refractivity contribution in [1.82, 2.24) is 0 Å². The molecule has 0 bridgehead atoms. The van der Waals surface area contributed by atoms with Crippen LogP contribution in [-0.2, 0) is 37.6 Å². The lowest BCUT2D eigenvalue weighted by Crippen LogP contribution is -2.70. The summed E-state index contributed by atoms with van der Waals surface area (Å²) < 4.78 is 29.1. The highest BCUT2D eigenvalue weighted by Gasteiger charge is 2.60. The van der Waals surface area contributed by atoms with Crippen LogP contribution in [0.5, 0.6) is 0 Å². The van der Waals surface area contributed by atoms with Gasteiger partial charge in [-0.3, -0.25) is 13.7 Å². The predicted octanol–water partition coefficient (Wildman–Crippen LogP) is 3.33. The van der Waals surface area contributed by atoms with E-state index in [1.54, 1.807) is 0 Å². The number of aliphatic hydroxyl groups is 2. The summed E-state index contributed by atoms with van der Waals surface area (Å²) in [6.07, 6.45) is -5.42. The first-order chi connectivity index (χ1) is 14.1. The molecule has 1 unspecified atom stereocenters. The van der Waals surface area contributed by atoms with Crippen molar-refractivity contribution in [3.8, 4) is 0 Å². The molecule has 0 radical (unpaired) electrons. The third kappa shape index (κ3) is 10.8. The Hall–Kier alpha value is 0.468. The van der Waals surface area contributed by atoms with Crippen LogP contribution in [0.25, 0.3) is 0 Å². The van der Waals surface area contributed by atoms with Crippen LogP contribution in [0.15, 0.2) is 0 Å².